The van der Waals surface area contributed by atoms with Gasteiger partial charge in [-0.15, -0.1) is 0 Å². The van der Waals surface area contributed by atoms with Gasteiger partial charge in [-0.3, -0.25) is 0 Å². The molecule has 3 aromatic rings. The molecule has 0 radical (unpaired) electrons. The first-order valence-corrected chi connectivity index (χ1v) is 10.6. The maximum atomic E-state index is 15.3. The Bertz CT molecular complexity index is 1250. The summed E-state index contributed by atoms with van der Waals surface area (Å²) < 4.78 is 60.3. The van der Waals surface area contributed by atoms with E-state index in [9.17, 15) is 18.8 Å². The standard InChI is InChI=1S/C25H22F3N3O4/c1-4-33-25(32)15(2)31(3)22-20(26)23(28)30-24(21(22)27)35-19-12-17(13-29)10-11-18(19)34-14-16-8-6-5-7-9-16/h5-12,15H,4,14H2,1-3H3. The van der Waals surface area contributed by atoms with Gasteiger partial charge in [0.15, 0.2) is 11.5 Å². The van der Waals surface area contributed by atoms with Gasteiger partial charge >= 0.3 is 5.97 Å². The highest BCUT2D eigenvalue weighted by atomic mass is 19.2. The number of halogens is 3. The van der Waals surface area contributed by atoms with Crippen molar-refractivity contribution in [1.29, 1.82) is 5.26 Å². The van der Waals surface area contributed by atoms with Crippen molar-refractivity contribution in [3.63, 3.8) is 0 Å². The third kappa shape index (κ3) is 5.81. The van der Waals surface area contributed by atoms with Crippen molar-refractivity contribution in [2.24, 2.45) is 0 Å². The molecule has 1 unspecified atom stereocenters. The molecule has 0 aliphatic rings. The molecule has 0 saturated carbocycles. The lowest BCUT2D eigenvalue weighted by Gasteiger charge is -2.26. The molecule has 0 N–H and O–H groups in total. The molecule has 0 fully saturated rings. The molecule has 0 spiro atoms. The number of esters is 1. The van der Waals surface area contributed by atoms with Gasteiger partial charge in [-0.1, -0.05) is 30.3 Å². The smallest absolute Gasteiger partial charge is 0.328 e. The highest BCUT2D eigenvalue weighted by Crippen LogP contribution is 2.37. The number of rotatable bonds is 9. The molecule has 0 aliphatic heterocycles. The summed E-state index contributed by atoms with van der Waals surface area (Å²) in [6.07, 6.45) is 0. The number of nitriles is 1. The summed E-state index contributed by atoms with van der Waals surface area (Å²) in [5.74, 6) is -6.26. The lowest BCUT2D eigenvalue weighted by Crippen LogP contribution is -2.38. The van der Waals surface area contributed by atoms with Crippen LogP contribution in [0, 0.1) is 28.9 Å². The maximum Gasteiger partial charge on any atom is 0.328 e. The summed E-state index contributed by atoms with van der Waals surface area (Å²) in [6.45, 7) is 3.11. The molecule has 0 bridgehead atoms. The molecular weight excluding hydrogens is 463 g/mol. The normalized spacial score (nSPS) is 11.3. The van der Waals surface area contributed by atoms with Crippen LogP contribution in [0.1, 0.15) is 25.0 Å². The molecule has 0 amide bonds. The van der Waals surface area contributed by atoms with Crippen LogP contribution in [0.4, 0.5) is 18.9 Å². The van der Waals surface area contributed by atoms with E-state index in [1.807, 2.05) is 36.4 Å². The molecule has 3 rings (SSSR count). The van der Waals surface area contributed by atoms with Gasteiger partial charge in [0.2, 0.25) is 11.6 Å². The number of carbonyl (C=O) groups excluding carboxylic acids is 1. The number of anilines is 1. The second-order valence-corrected chi connectivity index (χ2v) is 7.37. The van der Waals surface area contributed by atoms with Crippen molar-refractivity contribution in [2.75, 3.05) is 18.6 Å². The van der Waals surface area contributed by atoms with Gasteiger partial charge in [0.05, 0.1) is 18.2 Å². The predicted molar refractivity (Wildman–Crippen MR) is 121 cm³/mol. The number of likely N-dealkylation sites (N-methyl/N-ethyl adjacent to an activating group) is 1. The molecule has 35 heavy (non-hydrogen) atoms. The lowest BCUT2D eigenvalue weighted by atomic mass is 10.2. The van der Waals surface area contributed by atoms with Gasteiger partial charge in [0.1, 0.15) is 18.3 Å². The Kier molecular flexibility index (Phi) is 8.15. The van der Waals surface area contributed by atoms with Crippen LogP contribution >= 0.6 is 0 Å². The fourth-order valence-electron chi connectivity index (χ4n) is 3.09. The number of pyridine rings is 1. The number of hydrogen-bond donors (Lipinski definition) is 0. The van der Waals surface area contributed by atoms with Crippen LogP contribution in [0.5, 0.6) is 17.4 Å². The molecule has 1 heterocycles. The number of benzene rings is 2. The monoisotopic (exact) mass is 485 g/mol. The van der Waals surface area contributed by atoms with Gasteiger partial charge in [-0.2, -0.15) is 23.4 Å². The van der Waals surface area contributed by atoms with E-state index in [0.29, 0.717) is 0 Å². The van der Waals surface area contributed by atoms with Gasteiger partial charge < -0.3 is 19.1 Å². The lowest BCUT2D eigenvalue weighted by molar-refractivity contribution is -0.144. The van der Waals surface area contributed by atoms with Gasteiger partial charge in [-0.05, 0) is 31.5 Å². The second-order valence-electron chi connectivity index (χ2n) is 7.37. The van der Waals surface area contributed by atoms with Crippen LogP contribution in [-0.2, 0) is 16.1 Å². The predicted octanol–water partition coefficient (Wildman–Crippen LogP) is 5.13. The minimum Gasteiger partial charge on any atom is -0.485 e. The number of ether oxygens (including phenoxy) is 3. The van der Waals surface area contributed by atoms with Crippen molar-refractivity contribution in [2.45, 2.75) is 26.5 Å². The molecule has 2 aromatic carbocycles. The van der Waals surface area contributed by atoms with Crippen LogP contribution in [0.2, 0.25) is 0 Å². The summed E-state index contributed by atoms with van der Waals surface area (Å²) in [4.78, 5) is 16.2. The molecule has 7 nitrogen and oxygen atoms in total. The third-order valence-corrected chi connectivity index (χ3v) is 5.06. The summed E-state index contributed by atoms with van der Waals surface area (Å²) in [6, 6.07) is 14.1. The number of nitrogens with zero attached hydrogens (tertiary/aromatic N) is 3. The molecule has 10 heteroatoms. The fourth-order valence-corrected chi connectivity index (χ4v) is 3.09. The third-order valence-electron chi connectivity index (χ3n) is 5.06. The Balaban J connectivity index is 1.97. The van der Waals surface area contributed by atoms with E-state index in [1.54, 1.807) is 6.92 Å². The van der Waals surface area contributed by atoms with Crippen molar-refractivity contribution in [3.8, 4) is 23.4 Å². The molecule has 0 saturated heterocycles. The van der Waals surface area contributed by atoms with Gasteiger partial charge in [0, 0.05) is 13.1 Å². The summed E-state index contributed by atoms with van der Waals surface area (Å²) >= 11 is 0. The Labute approximate surface area is 200 Å². The first kappa shape index (κ1) is 25.4. The van der Waals surface area contributed by atoms with Crippen LogP contribution in [0.25, 0.3) is 0 Å². The van der Waals surface area contributed by atoms with E-state index in [4.69, 9.17) is 14.2 Å². The number of carbonyl (C=O) groups is 1. The molecule has 1 atom stereocenters. The first-order chi connectivity index (χ1) is 16.8. The van der Waals surface area contributed by atoms with E-state index < -0.39 is 41.2 Å². The minimum atomic E-state index is -1.64. The van der Waals surface area contributed by atoms with E-state index in [-0.39, 0.29) is 30.3 Å². The van der Waals surface area contributed by atoms with Crippen molar-refractivity contribution in [3.05, 3.63) is 77.2 Å². The Morgan fingerprint density at radius 3 is 2.49 bits per heavy atom. The Hall–Kier alpha value is -4.26. The maximum absolute atomic E-state index is 15.3. The highest BCUT2D eigenvalue weighted by molar-refractivity contribution is 5.79. The molecular formula is C25H22F3N3O4. The van der Waals surface area contributed by atoms with Crippen molar-refractivity contribution in [1.82, 2.24) is 4.98 Å². The number of hydrogen-bond acceptors (Lipinski definition) is 7. The molecule has 1 aromatic heterocycles. The van der Waals surface area contributed by atoms with Crippen molar-refractivity contribution >= 4 is 11.7 Å². The Morgan fingerprint density at radius 1 is 1.11 bits per heavy atom. The summed E-state index contributed by atoms with van der Waals surface area (Å²) in [5.41, 5.74) is 0.122. The first-order valence-electron chi connectivity index (χ1n) is 10.6. The second kappa shape index (κ2) is 11.2. The minimum absolute atomic E-state index is 0.0576. The SMILES string of the molecule is CCOC(=O)C(C)N(C)c1c(F)c(F)nc(Oc2cc(C#N)ccc2OCc2ccccc2)c1F. The average molecular weight is 485 g/mol. The largest absolute Gasteiger partial charge is 0.485 e. The van der Waals surface area contributed by atoms with Gasteiger partial charge in [-0.25, -0.2) is 4.79 Å². The highest BCUT2D eigenvalue weighted by Gasteiger charge is 2.30. The summed E-state index contributed by atoms with van der Waals surface area (Å²) in [5, 5.41) is 9.24. The zero-order valence-electron chi connectivity index (χ0n) is 19.2. The van der Waals surface area contributed by atoms with Crippen LogP contribution < -0.4 is 14.4 Å². The average Bonchev–Trinajstić information content (AvgIpc) is 2.86. The molecule has 182 valence electrons. The van der Waals surface area contributed by atoms with Gasteiger partial charge in [0.25, 0.3) is 11.8 Å². The van der Waals surface area contributed by atoms with Crippen molar-refractivity contribution < 1.29 is 32.2 Å². The van der Waals surface area contributed by atoms with Crippen LogP contribution in [0.15, 0.2) is 48.5 Å². The zero-order valence-corrected chi connectivity index (χ0v) is 19.2. The molecule has 0 aliphatic carbocycles. The van der Waals surface area contributed by atoms with E-state index in [1.165, 1.54) is 32.2 Å². The summed E-state index contributed by atoms with van der Waals surface area (Å²) in [7, 11) is 1.21. The van der Waals surface area contributed by atoms with Crippen LogP contribution in [-0.4, -0.2) is 30.6 Å². The van der Waals surface area contributed by atoms with E-state index >= 15 is 4.39 Å². The fraction of sp³-hybridized carbons (Fsp3) is 0.240. The zero-order chi connectivity index (χ0) is 25.5. The number of aromatic nitrogens is 1. The van der Waals surface area contributed by atoms with E-state index in [0.717, 1.165) is 10.5 Å². The van der Waals surface area contributed by atoms with Crippen LogP contribution in [0.3, 0.4) is 0 Å². The topological polar surface area (TPSA) is 84.7 Å². The quantitative estimate of drug-likeness (QED) is 0.307. The Morgan fingerprint density at radius 2 is 1.83 bits per heavy atom. The van der Waals surface area contributed by atoms with E-state index in [2.05, 4.69) is 4.98 Å².